The van der Waals surface area contributed by atoms with Gasteiger partial charge in [-0.15, -0.1) is 0 Å². The summed E-state index contributed by atoms with van der Waals surface area (Å²) in [6, 6.07) is 0. The SMILES string of the molecule is CC(C)Oc1c(NC(=O)OC(C)(C)C)ncc([N+](=O)[O-])c1Cl. The van der Waals surface area contributed by atoms with Crippen LogP contribution in [-0.4, -0.2) is 27.7 Å². The van der Waals surface area contributed by atoms with Crippen LogP contribution >= 0.6 is 11.6 Å². The van der Waals surface area contributed by atoms with Crippen LogP contribution in [-0.2, 0) is 4.74 Å². The van der Waals surface area contributed by atoms with Gasteiger partial charge in [0.1, 0.15) is 11.8 Å². The Kier molecular flexibility index (Phi) is 5.54. The summed E-state index contributed by atoms with van der Waals surface area (Å²) in [4.78, 5) is 25.8. The molecule has 0 fully saturated rings. The second-order valence-corrected chi connectivity index (χ2v) is 6.06. The quantitative estimate of drug-likeness (QED) is 0.665. The molecule has 8 nitrogen and oxygen atoms in total. The lowest BCUT2D eigenvalue weighted by Gasteiger charge is -2.20. The molecule has 1 amide bonds. The van der Waals surface area contributed by atoms with E-state index in [-0.39, 0.29) is 22.7 Å². The molecule has 22 heavy (non-hydrogen) atoms. The Morgan fingerprint density at radius 1 is 1.45 bits per heavy atom. The standard InChI is InChI=1S/C13H18ClN3O5/c1-7(2)21-10-9(14)8(17(19)20)6-15-11(10)16-12(18)22-13(3,4)5/h6-7H,1-5H3,(H,15,16,18). The number of hydrogen-bond donors (Lipinski definition) is 1. The maximum atomic E-state index is 11.8. The molecule has 0 aliphatic heterocycles. The number of hydrogen-bond acceptors (Lipinski definition) is 6. The molecule has 1 heterocycles. The summed E-state index contributed by atoms with van der Waals surface area (Å²) in [6.07, 6.45) is -0.138. The van der Waals surface area contributed by atoms with Gasteiger partial charge in [0.2, 0.25) is 0 Å². The highest BCUT2D eigenvalue weighted by Gasteiger charge is 2.25. The molecule has 122 valence electrons. The summed E-state index contributed by atoms with van der Waals surface area (Å²) >= 11 is 5.97. The zero-order valence-electron chi connectivity index (χ0n) is 13.0. The molecule has 0 spiro atoms. The van der Waals surface area contributed by atoms with Crippen molar-refractivity contribution in [1.29, 1.82) is 0 Å². The number of pyridine rings is 1. The van der Waals surface area contributed by atoms with Crippen LogP contribution in [0.25, 0.3) is 0 Å². The van der Waals surface area contributed by atoms with E-state index in [4.69, 9.17) is 21.1 Å². The van der Waals surface area contributed by atoms with Crippen LogP contribution in [0.2, 0.25) is 5.02 Å². The Morgan fingerprint density at radius 3 is 2.50 bits per heavy atom. The molecule has 0 saturated carbocycles. The molecule has 0 unspecified atom stereocenters. The molecule has 9 heteroatoms. The van der Waals surface area contributed by atoms with Crippen LogP contribution in [0.4, 0.5) is 16.3 Å². The van der Waals surface area contributed by atoms with Gasteiger partial charge in [0, 0.05) is 0 Å². The van der Waals surface area contributed by atoms with Crippen LogP contribution in [0.5, 0.6) is 5.75 Å². The van der Waals surface area contributed by atoms with Crippen LogP contribution in [0.15, 0.2) is 6.20 Å². The largest absolute Gasteiger partial charge is 0.485 e. The smallest absolute Gasteiger partial charge is 0.413 e. The molecular weight excluding hydrogens is 314 g/mol. The molecule has 1 aromatic rings. The predicted octanol–water partition coefficient (Wildman–Crippen LogP) is 3.78. The van der Waals surface area contributed by atoms with Crippen molar-refractivity contribution in [2.24, 2.45) is 0 Å². The van der Waals surface area contributed by atoms with E-state index in [1.54, 1.807) is 34.6 Å². The minimum Gasteiger partial charge on any atom is -0.485 e. The van der Waals surface area contributed by atoms with Crippen molar-refractivity contribution in [3.8, 4) is 5.75 Å². The number of nitrogens with zero attached hydrogens (tertiary/aromatic N) is 2. The van der Waals surface area contributed by atoms with Gasteiger partial charge < -0.3 is 9.47 Å². The average Bonchev–Trinajstić information content (AvgIpc) is 2.30. The van der Waals surface area contributed by atoms with Crippen molar-refractivity contribution in [2.45, 2.75) is 46.3 Å². The lowest BCUT2D eigenvalue weighted by Crippen LogP contribution is -2.27. The number of carbonyl (C=O) groups excluding carboxylic acids is 1. The van der Waals surface area contributed by atoms with Crippen molar-refractivity contribution in [3.05, 3.63) is 21.3 Å². The second kappa shape index (κ2) is 6.78. The fourth-order valence-corrected chi connectivity index (χ4v) is 1.67. The number of aromatic nitrogens is 1. The normalized spacial score (nSPS) is 11.2. The third-order valence-electron chi connectivity index (χ3n) is 2.12. The van der Waals surface area contributed by atoms with E-state index >= 15 is 0 Å². The minimum absolute atomic E-state index is 0.0430. The number of nitrogens with one attached hydrogen (secondary N) is 1. The maximum absolute atomic E-state index is 11.8. The highest BCUT2D eigenvalue weighted by Crippen LogP contribution is 2.38. The van der Waals surface area contributed by atoms with E-state index in [2.05, 4.69) is 10.3 Å². The van der Waals surface area contributed by atoms with E-state index < -0.39 is 22.3 Å². The van der Waals surface area contributed by atoms with Gasteiger partial charge in [-0.1, -0.05) is 11.6 Å². The van der Waals surface area contributed by atoms with Crippen molar-refractivity contribution < 1.29 is 19.2 Å². The summed E-state index contributed by atoms with van der Waals surface area (Å²) in [6.45, 7) is 8.54. The van der Waals surface area contributed by atoms with Gasteiger partial charge >= 0.3 is 11.8 Å². The monoisotopic (exact) mass is 331 g/mol. The van der Waals surface area contributed by atoms with Gasteiger partial charge in [-0.25, -0.2) is 9.78 Å². The van der Waals surface area contributed by atoms with Gasteiger partial charge in [-0.05, 0) is 34.6 Å². The number of rotatable bonds is 4. The number of amides is 1. The maximum Gasteiger partial charge on any atom is 0.413 e. The van der Waals surface area contributed by atoms with Crippen LogP contribution in [0, 0.1) is 10.1 Å². The average molecular weight is 332 g/mol. The summed E-state index contributed by atoms with van der Waals surface area (Å²) < 4.78 is 10.5. The zero-order valence-corrected chi connectivity index (χ0v) is 13.7. The molecule has 1 N–H and O–H groups in total. The molecule has 0 saturated heterocycles. The van der Waals surface area contributed by atoms with Gasteiger partial charge in [-0.2, -0.15) is 0 Å². The molecule has 1 aromatic heterocycles. The first-order valence-corrected chi connectivity index (χ1v) is 6.88. The predicted molar refractivity (Wildman–Crippen MR) is 81.5 cm³/mol. The number of nitro groups is 1. The van der Waals surface area contributed by atoms with Crippen molar-refractivity contribution in [1.82, 2.24) is 4.98 Å². The highest BCUT2D eigenvalue weighted by atomic mass is 35.5. The Bertz CT molecular complexity index is 584. The third kappa shape index (κ3) is 5.03. The molecule has 0 aromatic carbocycles. The molecular formula is C13H18ClN3O5. The summed E-state index contributed by atoms with van der Waals surface area (Å²) in [5.41, 5.74) is -1.11. The molecule has 0 aliphatic rings. The van der Waals surface area contributed by atoms with E-state index in [0.717, 1.165) is 6.20 Å². The first-order chi connectivity index (χ1) is 10.0. The molecule has 0 atom stereocenters. The number of halogens is 1. The molecule has 0 radical (unpaired) electrons. The Hall–Kier alpha value is -2.09. The van der Waals surface area contributed by atoms with E-state index in [1.165, 1.54) is 0 Å². The van der Waals surface area contributed by atoms with E-state index in [1.807, 2.05) is 0 Å². The lowest BCUT2D eigenvalue weighted by molar-refractivity contribution is -0.385. The number of ether oxygens (including phenoxy) is 2. The van der Waals surface area contributed by atoms with Crippen LogP contribution in [0.1, 0.15) is 34.6 Å². The first kappa shape index (κ1) is 18.0. The van der Waals surface area contributed by atoms with Gasteiger partial charge in [0.25, 0.3) is 0 Å². The summed E-state index contributed by atoms with van der Waals surface area (Å²) in [5, 5.41) is 13.0. The zero-order chi connectivity index (χ0) is 17.1. The van der Waals surface area contributed by atoms with Gasteiger partial charge in [0.05, 0.1) is 11.0 Å². The van der Waals surface area contributed by atoms with E-state index in [0.29, 0.717) is 0 Å². The number of carbonyl (C=O) groups is 1. The summed E-state index contributed by atoms with van der Waals surface area (Å²) in [5.74, 6) is -0.115. The second-order valence-electron chi connectivity index (χ2n) is 5.69. The molecule has 0 aliphatic carbocycles. The highest BCUT2D eigenvalue weighted by molar-refractivity contribution is 6.34. The molecule has 1 rings (SSSR count). The van der Waals surface area contributed by atoms with Crippen LogP contribution in [0.3, 0.4) is 0 Å². The fraction of sp³-hybridized carbons (Fsp3) is 0.538. The van der Waals surface area contributed by atoms with Crippen molar-refractivity contribution in [2.75, 3.05) is 5.32 Å². The Morgan fingerprint density at radius 2 is 2.05 bits per heavy atom. The van der Waals surface area contributed by atoms with Crippen LogP contribution < -0.4 is 10.1 Å². The number of anilines is 1. The summed E-state index contributed by atoms with van der Waals surface area (Å²) in [7, 11) is 0. The van der Waals surface area contributed by atoms with Crippen molar-refractivity contribution in [3.63, 3.8) is 0 Å². The van der Waals surface area contributed by atoms with E-state index in [9.17, 15) is 14.9 Å². The lowest BCUT2D eigenvalue weighted by atomic mass is 10.2. The minimum atomic E-state index is -0.765. The third-order valence-corrected chi connectivity index (χ3v) is 2.49. The topological polar surface area (TPSA) is 104 Å². The van der Waals surface area contributed by atoms with Gasteiger partial charge in [-0.3, -0.25) is 15.4 Å². The Labute approximate surface area is 132 Å². The van der Waals surface area contributed by atoms with Gasteiger partial charge in [0.15, 0.2) is 16.6 Å². The Balaban J connectivity index is 3.16. The fourth-order valence-electron chi connectivity index (χ4n) is 1.42. The van der Waals surface area contributed by atoms with Crippen molar-refractivity contribution >= 4 is 29.2 Å². The first-order valence-electron chi connectivity index (χ1n) is 6.51. The molecule has 0 bridgehead atoms.